The van der Waals surface area contributed by atoms with Gasteiger partial charge in [-0.2, -0.15) is 5.10 Å². The summed E-state index contributed by atoms with van der Waals surface area (Å²) in [7, 11) is 3.99. The van der Waals surface area contributed by atoms with Crippen molar-refractivity contribution >= 4 is 5.82 Å². The summed E-state index contributed by atoms with van der Waals surface area (Å²) in [6.07, 6.45) is 6.31. The average molecular weight is 179 g/mol. The van der Waals surface area contributed by atoms with E-state index in [9.17, 15) is 0 Å². The Labute approximate surface area is 79.1 Å². The molecule has 1 aliphatic carbocycles. The number of anilines is 1. The van der Waals surface area contributed by atoms with Gasteiger partial charge in [0.1, 0.15) is 5.82 Å². The van der Waals surface area contributed by atoms with Crippen LogP contribution < -0.4 is 5.32 Å². The standard InChI is InChI=1S/C10H17N3/c1-11-10-8-6-4-3-5-7-9(8)12-13(10)2/h11H,3-7H2,1-2H3. The normalized spacial score (nSPS) is 16.5. The highest BCUT2D eigenvalue weighted by atomic mass is 15.3. The summed E-state index contributed by atoms with van der Waals surface area (Å²) >= 11 is 0. The third kappa shape index (κ3) is 1.43. The van der Waals surface area contributed by atoms with Gasteiger partial charge in [-0.15, -0.1) is 0 Å². The van der Waals surface area contributed by atoms with Gasteiger partial charge in [-0.05, 0) is 25.7 Å². The van der Waals surface area contributed by atoms with Crippen molar-refractivity contribution in [3.05, 3.63) is 11.3 Å². The molecule has 3 nitrogen and oxygen atoms in total. The SMILES string of the molecule is CNc1c2c(nn1C)CCCCC2. The lowest BCUT2D eigenvalue weighted by molar-refractivity contribution is 0.681. The van der Waals surface area contributed by atoms with Gasteiger partial charge < -0.3 is 5.32 Å². The van der Waals surface area contributed by atoms with E-state index in [0.29, 0.717) is 0 Å². The van der Waals surface area contributed by atoms with Gasteiger partial charge in [0.15, 0.2) is 0 Å². The lowest BCUT2D eigenvalue weighted by Gasteiger charge is -2.03. The molecule has 13 heavy (non-hydrogen) atoms. The van der Waals surface area contributed by atoms with Crippen molar-refractivity contribution < 1.29 is 0 Å². The van der Waals surface area contributed by atoms with Gasteiger partial charge in [0.05, 0.1) is 5.69 Å². The first-order valence-electron chi connectivity index (χ1n) is 5.05. The predicted octanol–water partition coefficient (Wildman–Crippen LogP) is 1.73. The van der Waals surface area contributed by atoms with Crippen molar-refractivity contribution in [2.75, 3.05) is 12.4 Å². The summed E-state index contributed by atoms with van der Waals surface area (Å²) in [5.74, 6) is 1.21. The molecule has 2 rings (SSSR count). The van der Waals surface area contributed by atoms with Crippen LogP contribution in [-0.4, -0.2) is 16.8 Å². The van der Waals surface area contributed by atoms with Crippen molar-refractivity contribution in [2.45, 2.75) is 32.1 Å². The monoisotopic (exact) mass is 179 g/mol. The Morgan fingerprint density at radius 2 is 2.00 bits per heavy atom. The molecule has 1 aromatic rings. The third-order valence-corrected chi connectivity index (χ3v) is 2.81. The van der Waals surface area contributed by atoms with E-state index in [4.69, 9.17) is 0 Å². The largest absolute Gasteiger partial charge is 0.373 e. The van der Waals surface area contributed by atoms with Crippen LogP contribution in [0.25, 0.3) is 0 Å². The minimum absolute atomic E-state index is 1.16. The molecule has 1 heterocycles. The summed E-state index contributed by atoms with van der Waals surface area (Å²) in [5.41, 5.74) is 2.76. The summed E-state index contributed by atoms with van der Waals surface area (Å²) in [6, 6.07) is 0. The number of hydrogen-bond donors (Lipinski definition) is 1. The fraction of sp³-hybridized carbons (Fsp3) is 0.700. The Morgan fingerprint density at radius 3 is 2.77 bits per heavy atom. The first kappa shape index (κ1) is 8.60. The molecule has 0 saturated heterocycles. The maximum atomic E-state index is 4.54. The average Bonchev–Trinajstić information content (AvgIpc) is 2.32. The van der Waals surface area contributed by atoms with Crippen molar-refractivity contribution in [2.24, 2.45) is 7.05 Å². The van der Waals surface area contributed by atoms with Crippen molar-refractivity contribution in [3.63, 3.8) is 0 Å². The lowest BCUT2D eigenvalue weighted by Crippen LogP contribution is -2.00. The Morgan fingerprint density at radius 1 is 1.23 bits per heavy atom. The number of fused-ring (bicyclic) bond motifs is 1. The van der Waals surface area contributed by atoms with Crippen LogP contribution in [0.5, 0.6) is 0 Å². The maximum Gasteiger partial charge on any atom is 0.127 e. The van der Waals surface area contributed by atoms with Gasteiger partial charge in [-0.1, -0.05) is 6.42 Å². The molecule has 0 amide bonds. The first-order chi connectivity index (χ1) is 6.33. The van der Waals surface area contributed by atoms with E-state index >= 15 is 0 Å². The number of rotatable bonds is 1. The summed E-state index contributed by atoms with van der Waals surface area (Å²) in [5, 5.41) is 7.77. The molecule has 3 heteroatoms. The zero-order valence-corrected chi connectivity index (χ0v) is 8.43. The van der Waals surface area contributed by atoms with Crippen LogP contribution >= 0.6 is 0 Å². The van der Waals surface area contributed by atoms with E-state index in [-0.39, 0.29) is 0 Å². The highest BCUT2D eigenvalue weighted by Gasteiger charge is 2.16. The van der Waals surface area contributed by atoms with E-state index in [0.717, 1.165) is 6.42 Å². The smallest absolute Gasteiger partial charge is 0.127 e. The van der Waals surface area contributed by atoms with Crippen LogP contribution in [0.4, 0.5) is 5.82 Å². The second-order valence-corrected chi connectivity index (χ2v) is 3.71. The maximum absolute atomic E-state index is 4.54. The van der Waals surface area contributed by atoms with Crippen LogP contribution in [0.1, 0.15) is 30.5 Å². The molecule has 1 aromatic heterocycles. The number of aryl methyl sites for hydroxylation is 2. The summed E-state index contributed by atoms with van der Waals surface area (Å²) < 4.78 is 1.97. The topological polar surface area (TPSA) is 29.9 Å². The second kappa shape index (κ2) is 3.40. The molecular formula is C10H17N3. The Bertz CT molecular complexity index is 301. The molecule has 0 spiro atoms. The lowest BCUT2D eigenvalue weighted by atomic mass is 10.1. The minimum Gasteiger partial charge on any atom is -0.373 e. The molecule has 0 radical (unpaired) electrons. The number of aromatic nitrogens is 2. The van der Waals surface area contributed by atoms with Crippen molar-refractivity contribution in [1.29, 1.82) is 0 Å². The van der Waals surface area contributed by atoms with Crippen LogP contribution in [0.15, 0.2) is 0 Å². The van der Waals surface area contributed by atoms with E-state index in [2.05, 4.69) is 10.4 Å². The molecule has 0 unspecified atom stereocenters. The van der Waals surface area contributed by atoms with E-state index < -0.39 is 0 Å². The van der Waals surface area contributed by atoms with E-state index in [1.54, 1.807) is 0 Å². The van der Waals surface area contributed by atoms with Crippen LogP contribution in [0.2, 0.25) is 0 Å². The van der Waals surface area contributed by atoms with Gasteiger partial charge in [0, 0.05) is 19.7 Å². The van der Waals surface area contributed by atoms with Gasteiger partial charge in [-0.25, -0.2) is 0 Å². The highest BCUT2D eigenvalue weighted by Crippen LogP contribution is 2.25. The molecule has 0 aliphatic heterocycles. The zero-order valence-electron chi connectivity index (χ0n) is 8.43. The van der Waals surface area contributed by atoms with E-state index in [1.165, 1.54) is 42.8 Å². The van der Waals surface area contributed by atoms with Crippen molar-refractivity contribution in [1.82, 2.24) is 9.78 Å². The molecule has 1 aliphatic rings. The molecule has 0 atom stereocenters. The molecule has 0 fully saturated rings. The van der Waals surface area contributed by atoms with Gasteiger partial charge in [0.2, 0.25) is 0 Å². The molecule has 0 saturated carbocycles. The minimum atomic E-state index is 1.16. The number of nitrogens with one attached hydrogen (secondary N) is 1. The molecule has 72 valence electrons. The van der Waals surface area contributed by atoms with Crippen molar-refractivity contribution in [3.8, 4) is 0 Å². The molecule has 0 bridgehead atoms. The summed E-state index contributed by atoms with van der Waals surface area (Å²) in [6.45, 7) is 0. The highest BCUT2D eigenvalue weighted by molar-refractivity contribution is 5.47. The van der Waals surface area contributed by atoms with Gasteiger partial charge in [-0.3, -0.25) is 4.68 Å². The fourth-order valence-corrected chi connectivity index (χ4v) is 2.17. The number of nitrogens with zero attached hydrogens (tertiary/aromatic N) is 2. The Balaban J connectivity index is 2.41. The summed E-state index contributed by atoms with van der Waals surface area (Å²) in [4.78, 5) is 0. The molecule has 0 aromatic carbocycles. The fourth-order valence-electron chi connectivity index (χ4n) is 2.17. The van der Waals surface area contributed by atoms with Crippen LogP contribution in [-0.2, 0) is 19.9 Å². The Kier molecular flexibility index (Phi) is 2.25. The zero-order chi connectivity index (χ0) is 9.26. The van der Waals surface area contributed by atoms with Crippen LogP contribution in [0, 0.1) is 0 Å². The number of hydrogen-bond acceptors (Lipinski definition) is 2. The predicted molar refractivity (Wildman–Crippen MR) is 54.0 cm³/mol. The van der Waals surface area contributed by atoms with Gasteiger partial charge in [0.25, 0.3) is 0 Å². The van der Waals surface area contributed by atoms with Crippen LogP contribution in [0.3, 0.4) is 0 Å². The Hall–Kier alpha value is -0.990. The quantitative estimate of drug-likeness (QED) is 0.665. The molecule has 1 N–H and O–H groups in total. The third-order valence-electron chi connectivity index (χ3n) is 2.81. The molecular weight excluding hydrogens is 162 g/mol. The first-order valence-corrected chi connectivity index (χ1v) is 5.05. The second-order valence-electron chi connectivity index (χ2n) is 3.71. The van der Waals surface area contributed by atoms with E-state index in [1.807, 2.05) is 18.8 Å². The van der Waals surface area contributed by atoms with Gasteiger partial charge >= 0.3 is 0 Å².